The third-order valence-electron chi connectivity index (χ3n) is 1.88. The normalized spacial score (nSPS) is 30.6. The number of aliphatic imine (C=N–C) groups is 1. The molecule has 1 unspecified atom stereocenters. The molecule has 0 bridgehead atoms. The van der Waals surface area contributed by atoms with Gasteiger partial charge in [-0.05, 0) is 19.9 Å². The molecule has 0 aromatic heterocycles. The topological polar surface area (TPSA) is 29.4 Å². The van der Waals surface area contributed by atoms with Crippen LogP contribution in [0.3, 0.4) is 0 Å². The Hall–Kier alpha value is -0.920. The fourth-order valence-corrected chi connectivity index (χ4v) is 0.840. The molecule has 1 rings (SSSR count). The van der Waals surface area contributed by atoms with Crippen LogP contribution in [0.15, 0.2) is 17.1 Å². The highest BCUT2D eigenvalue weighted by Gasteiger charge is 2.26. The number of hydrogen-bond donors (Lipinski definition) is 0. The van der Waals surface area contributed by atoms with E-state index in [1.54, 1.807) is 13.1 Å². The molecule has 0 N–H and O–H groups in total. The molecule has 1 aliphatic heterocycles. The molecule has 0 radical (unpaired) electrons. The minimum Gasteiger partial charge on any atom is -0.299 e. The van der Waals surface area contributed by atoms with Gasteiger partial charge in [-0.25, -0.2) is 0 Å². The Balaban J connectivity index is 2.80. The molecule has 2 nitrogen and oxygen atoms in total. The summed E-state index contributed by atoms with van der Waals surface area (Å²) in [6.45, 7) is 4.10. The van der Waals surface area contributed by atoms with E-state index < -0.39 is 0 Å². The van der Waals surface area contributed by atoms with E-state index in [1.807, 2.05) is 19.1 Å². The van der Waals surface area contributed by atoms with Gasteiger partial charge in [0.1, 0.15) is 5.78 Å². The van der Waals surface area contributed by atoms with E-state index >= 15 is 0 Å². The van der Waals surface area contributed by atoms with E-state index in [0.29, 0.717) is 6.54 Å². The zero-order chi connectivity index (χ0) is 7.61. The molecule has 54 valence electrons. The van der Waals surface area contributed by atoms with Crippen molar-refractivity contribution in [1.29, 1.82) is 0 Å². The minimum absolute atomic E-state index is 0.181. The largest absolute Gasteiger partial charge is 0.299 e. The molecule has 2 heteroatoms. The highest BCUT2D eigenvalue weighted by molar-refractivity contribution is 5.87. The fraction of sp³-hybridized carbons (Fsp3) is 0.500. The molecule has 0 aromatic carbocycles. The maximum Gasteiger partial charge on any atom is 0.141 e. The van der Waals surface area contributed by atoms with Crippen molar-refractivity contribution in [1.82, 2.24) is 0 Å². The maximum absolute atomic E-state index is 11.0. The van der Waals surface area contributed by atoms with Crippen LogP contribution in [0.4, 0.5) is 0 Å². The SMILES string of the molecule is CC(=O)C1(C)C=CC=NC1. The van der Waals surface area contributed by atoms with Crippen LogP contribution in [0.25, 0.3) is 0 Å². The molecule has 0 amide bonds. The zero-order valence-electron chi connectivity index (χ0n) is 6.29. The molecule has 10 heavy (non-hydrogen) atoms. The lowest BCUT2D eigenvalue weighted by Gasteiger charge is -2.21. The van der Waals surface area contributed by atoms with Gasteiger partial charge in [-0.2, -0.15) is 0 Å². The van der Waals surface area contributed by atoms with E-state index in [2.05, 4.69) is 4.99 Å². The van der Waals surface area contributed by atoms with E-state index in [-0.39, 0.29) is 11.2 Å². The zero-order valence-corrected chi connectivity index (χ0v) is 6.29. The monoisotopic (exact) mass is 137 g/mol. The predicted molar refractivity (Wildman–Crippen MR) is 41.3 cm³/mol. The lowest BCUT2D eigenvalue weighted by atomic mass is 9.85. The first-order chi connectivity index (χ1) is 4.65. The third-order valence-corrected chi connectivity index (χ3v) is 1.88. The van der Waals surface area contributed by atoms with Gasteiger partial charge in [-0.3, -0.25) is 9.79 Å². The number of carbonyl (C=O) groups is 1. The Morgan fingerprint density at radius 3 is 2.70 bits per heavy atom. The highest BCUT2D eigenvalue weighted by atomic mass is 16.1. The van der Waals surface area contributed by atoms with Gasteiger partial charge in [0.2, 0.25) is 0 Å². The fourth-order valence-electron chi connectivity index (χ4n) is 0.840. The van der Waals surface area contributed by atoms with Crippen LogP contribution >= 0.6 is 0 Å². The van der Waals surface area contributed by atoms with Crippen LogP contribution < -0.4 is 0 Å². The van der Waals surface area contributed by atoms with Crippen LogP contribution in [0, 0.1) is 5.41 Å². The van der Waals surface area contributed by atoms with Gasteiger partial charge in [-0.1, -0.05) is 6.08 Å². The Bertz CT molecular complexity index is 205. The summed E-state index contributed by atoms with van der Waals surface area (Å²) in [7, 11) is 0. The van der Waals surface area contributed by atoms with Crippen LogP contribution in [-0.4, -0.2) is 18.5 Å². The Morgan fingerprint density at radius 2 is 2.40 bits per heavy atom. The number of nitrogens with zero attached hydrogens (tertiary/aromatic N) is 1. The summed E-state index contributed by atoms with van der Waals surface area (Å²) in [5, 5.41) is 0. The van der Waals surface area contributed by atoms with E-state index in [4.69, 9.17) is 0 Å². The smallest absolute Gasteiger partial charge is 0.141 e. The van der Waals surface area contributed by atoms with Gasteiger partial charge >= 0.3 is 0 Å². The van der Waals surface area contributed by atoms with Crippen molar-refractivity contribution in [2.24, 2.45) is 10.4 Å². The quantitative estimate of drug-likeness (QED) is 0.534. The van der Waals surface area contributed by atoms with Gasteiger partial charge in [-0.15, -0.1) is 0 Å². The first kappa shape index (κ1) is 7.19. The number of hydrogen-bond acceptors (Lipinski definition) is 2. The number of ketones is 1. The lowest BCUT2D eigenvalue weighted by Crippen LogP contribution is -2.27. The number of allylic oxidation sites excluding steroid dienone is 1. The van der Waals surface area contributed by atoms with Crippen LogP contribution in [0.1, 0.15) is 13.8 Å². The maximum atomic E-state index is 11.0. The van der Waals surface area contributed by atoms with E-state index in [1.165, 1.54) is 0 Å². The van der Waals surface area contributed by atoms with Crippen molar-refractivity contribution in [2.45, 2.75) is 13.8 Å². The second-order valence-electron chi connectivity index (χ2n) is 2.82. The van der Waals surface area contributed by atoms with E-state index in [0.717, 1.165) is 0 Å². The molecular weight excluding hydrogens is 126 g/mol. The van der Waals surface area contributed by atoms with Gasteiger partial charge < -0.3 is 0 Å². The summed E-state index contributed by atoms with van der Waals surface area (Å²) >= 11 is 0. The van der Waals surface area contributed by atoms with Crippen LogP contribution in [-0.2, 0) is 4.79 Å². The Labute approximate surface area is 60.7 Å². The number of Topliss-reactive ketones (excluding diaryl/α,β-unsaturated/α-hetero) is 1. The molecule has 1 atom stereocenters. The second-order valence-corrected chi connectivity index (χ2v) is 2.82. The molecular formula is C8H11NO. The van der Waals surface area contributed by atoms with Crippen LogP contribution in [0.2, 0.25) is 0 Å². The number of carbonyl (C=O) groups excluding carboxylic acids is 1. The van der Waals surface area contributed by atoms with Gasteiger partial charge in [0, 0.05) is 6.21 Å². The summed E-state index contributed by atoms with van der Waals surface area (Å²) in [6.07, 6.45) is 5.46. The lowest BCUT2D eigenvalue weighted by molar-refractivity contribution is -0.123. The third kappa shape index (κ3) is 1.15. The summed E-state index contributed by atoms with van der Waals surface area (Å²) in [5.74, 6) is 0.181. The standard InChI is InChI=1S/C8H11NO/c1-7(10)8(2)4-3-5-9-6-8/h3-5H,6H2,1-2H3. The molecule has 0 aromatic rings. The number of rotatable bonds is 1. The molecule has 0 saturated carbocycles. The van der Waals surface area contributed by atoms with Crippen molar-refractivity contribution in [3.8, 4) is 0 Å². The molecule has 0 spiro atoms. The molecule has 1 aliphatic rings. The van der Waals surface area contributed by atoms with Crippen molar-refractivity contribution in [2.75, 3.05) is 6.54 Å². The molecule has 1 heterocycles. The average Bonchev–Trinajstić information content (AvgIpc) is 1.89. The van der Waals surface area contributed by atoms with Gasteiger partial charge in [0.25, 0.3) is 0 Å². The average molecular weight is 137 g/mol. The van der Waals surface area contributed by atoms with E-state index in [9.17, 15) is 4.79 Å². The van der Waals surface area contributed by atoms with Gasteiger partial charge in [0.05, 0.1) is 12.0 Å². The Kier molecular flexibility index (Phi) is 1.70. The van der Waals surface area contributed by atoms with Gasteiger partial charge in [0.15, 0.2) is 0 Å². The van der Waals surface area contributed by atoms with Crippen LogP contribution in [0.5, 0.6) is 0 Å². The summed E-state index contributed by atoms with van der Waals surface area (Å²) < 4.78 is 0. The minimum atomic E-state index is -0.339. The first-order valence-corrected chi connectivity index (χ1v) is 3.34. The summed E-state index contributed by atoms with van der Waals surface area (Å²) in [4.78, 5) is 15.0. The molecule has 0 aliphatic carbocycles. The summed E-state index contributed by atoms with van der Waals surface area (Å²) in [5.41, 5.74) is -0.339. The molecule has 0 fully saturated rings. The highest BCUT2D eigenvalue weighted by Crippen LogP contribution is 2.21. The van der Waals surface area contributed by atoms with Crippen molar-refractivity contribution in [3.63, 3.8) is 0 Å². The second kappa shape index (κ2) is 2.37. The summed E-state index contributed by atoms with van der Waals surface area (Å²) in [6, 6.07) is 0. The predicted octanol–water partition coefficient (Wildman–Crippen LogP) is 1.22. The molecule has 0 saturated heterocycles. The first-order valence-electron chi connectivity index (χ1n) is 3.34. The van der Waals surface area contributed by atoms with Crippen molar-refractivity contribution in [3.05, 3.63) is 12.2 Å². The van der Waals surface area contributed by atoms with Crippen molar-refractivity contribution >= 4 is 12.0 Å². The number of dihydropyridines is 1. The van der Waals surface area contributed by atoms with Crippen molar-refractivity contribution < 1.29 is 4.79 Å². The Morgan fingerprint density at radius 1 is 1.70 bits per heavy atom.